The normalized spacial score (nSPS) is 12.5. The van der Waals surface area contributed by atoms with E-state index in [2.05, 4.69) is 53.6 Å². The first-order valence-corrected chi connectivity index (χ1v) is 7.74. The molecule has 0 aliphatic rings. The molecule has 1 heterocycles. The van der Waals surface area contributed by atoms with Crippen molar-refractivity contribution in [3.63, 3.8) is 0 Å². The van der Waals surface area contributed by atoms with Gasteiger partial charge in [-0.1, -0.05) is 31.2 Å². The third-order valence-corrected chi connectivity index (χ3v) is 4.15. The summed E-state index contributed by atoms with van der Waals surface area (Å²) in [6, 6.07) is 17.2. The summed E-state index contributed by atoms with van der Waals surface area (Å²) >= 11 is 0. The average molecular weight is 294 g/mol. The summed E-state index contributed by atoms with van der Waals surface area (Å²) in [6.07, 6.45) is 3.05. The Balaban J connectivity index is 1.74. The molecule has 3 nitrogen and oxygen atoms in total. The Bertz CT molecular complexity index is 731. The number of methoxy groups -OCH3 is 1. The number of aromatic nitrogens is 1. The minimum absolute atomic E-state index is 0.347. The van der Waals surface area contributed by atoms with Crippen molar-refractivity contribution < 1.29 is 4.74 Å². The zero-order valence-corrected chi connectivity index (χ0v) is 13.1. The van der Waals surface area contributed by atoms with Gasteiger partial charge in [-0.25, -0.2) is 0 Å². The molecule has 2 N–H and O–H groups in total. The van der Waals surface area contributed by atoms with Crippen molar-refractivity contribution in [3.8, 4) is 5.75 Å². The number of rotatable bonds is 6. The molecule has 3 aromatic rings. The maximum absolute atomic E-state index is 5.23. The second-order valence-corrected chi connectivity index (χ2v) is 5.47. The molecule has 0 saturated carbocycles. The summed E-state index contributed by atoms with van der Waals surface area (Å²) < 4.78 is 5.23. The summed E-state index contributed by atoms with van der Waals surface area (Å²) in [4.78, 5) is 3.26. The highest BCUT2D eigenvalue weighted by Crippen LogP contribution is 2.22. The highest BCUT2D eigenvalue weighted by atomic mass is 16.5. The number of benzene rings is 2. The Morgan fingerprint density at radius 3 is 2.64 bits per heavy atom. The molecule has 1 unspecified atom stereocenters. The van der Waals surface area contributed by atoms with Gasteiger partial charge in [0.25, 0.3) is 0 Å². The van der Waals surface area contributed by atoms with Gasteiger partial charge in [-0.2, -0.15) is 0 Å². The summed E-state index contributed by atoms with van der Waals surface area (Å²) in [6.45, 7) is 3.07. The lowest BCUT2D eigenvalue weighted by molar-refractivity contribution is 0.414. The number of nitrogens with one attached hydrogen (secondary N) is 2. The molecule has 3 rings (SSSR count). The zero-order chi connectivity index (χ0) is 15.4. The van der Waals surface area contributed by atoms with Crippen LogP contribution in [0.3, 0.4) is 0 Å². The Labute approximate surface area is 131 Å². The first-order chi connectivity index (χ1) is 10.8. The van der Waals surface area contributed by atoms with Crippen LogP contribution in [0.4, 0.5) is 0 Å². The molecule has 1 atom stereocenters. The number of aromatic amines is 1. The quantitative estimate of drug-likeness (QED) is 0.706. The third-order valence-electron chi connectivity index (χ3n) is 4.15. The molecular weight excluding hydrogens is 272 g/mol. The summed E-state index contributed by atoms with van der Waals surface area (Å²) in [7, 11) is 1.70. The number of H-pyrrole nitrogens is 1. The van der Waals surface area contributed by atoms with E-state index in [1.165, 1.54) is 22.0 Å². The molecule has 0 saturated heterocycles. The first kappa shape index (κ1) is 14.7. The van der Waals surface area contributed by atoms with E-state index in [1.54, 1.807) is 7.11 Å². The fourth-order valence-corrected chi connectivity index (χ4v) is 2.87. The molecule has 0 radical (unpaired) electrons. The highest BCUT2D eigenvalue weighted by molar-refractivity contribution is 5.82. The van der Waals surface area contributed by atoms with Crippen molar-refractivity contribution in [3.05, 3.63) is 65.9 Å². The van der Waals surface area contributed by atoms with Crippen LogP contribution in [0.5, 0.6) is 5.75 Å². The van der Waals surface area contributed by atoms with E-state index >= 15 is 0 Å². The number of ether oxygens (including phenoxy) is 1. The van der Waals surface area contributed by atoms with Gasteiger partial charge in [0.15, 0.2) is 0 Å². The Hall–Kier alpha value is -2.26. The van der Waals surface area contributed by atoms with Crippen LogP contribution in [0, 0.1) is 0 Å². The molecule has 0 fully saturated rings. The van der Waals surface area contributed by atoms with Gasteiger partial charge in [0.05, 0.1) is 7.11 Å². The van der Waals surface area contributed by atoms with Crippen molar-refractivity contribution in [2.24, 2.45) is 0 Å². The van der Waals surface area contributed by atoms with E-state index in [9.17, 15) is 0 Å². The van der Waals surface area contributed by atoms with Crippen LogP contribution in [0.1, 0.15) is 30.5 Å². The average Bonchev–Trinajstić information content (AvgIpc) is 3.05. The van der Waals surface area contributed by atoms with Gasteiger partial charge in [0.1, 0.15) is 5.75 Å². The van der Waals surface area contributed by atoms with Crippen molar-refractivity contribution in [2.45, 2.75) is 25.9 Å². The molecule has 0 spiro atoms. The molecule has 3 heteroatoms. The van der Waals surface area contributed by atoms with E-state index in [0.29, 0.717) is 6.04 Å². The van der Waals surface area contributed by atoms with Crippen LogP contribution >= 0.6 is 0 Å². The van der Waals surface area contributed by atoms with Gasteiger partial charge < -0.3 is 15.0 Å². The molecule has 2 aromatic carbocycles. The van der Waals surface area contributed by atoms with Crippen LogP contribution in [0.15, 0.2) is 54.7 Å². The van der Waals surface area contributed by atoms with Crippen LogP contribution in [-0.4, -0.2) is 12.1 Å². The molecule has 1 aromatic heterocycles. The van der Waals surface area contributed by atoms with Gasteiger partial charge in [-0.05, 0) is 41.8 Å². The maximum Gasteiger partial charge on any atom is 0.118 e. The van der Waals surface area contributed by atoms with Crippen molar-refractivity contribution in [1.82, 2.24) is 10.3 Å². The monoisotopic (exact) mass is 294 g/mol. The number of fused-ring (bicyclic) bond motifs is 1. The van der Waals surface area contributed by atoms with Crippen molar-refractivity contribution in [1.29, 1.82) is 0 Å². The SMILES string of the molecule is CCC(NCc1cccc2[nH]ccc12)c1ccc(OC)cc1. The predicted molar refractivity (Wildman–Crippen MR) is 91.2 cm³/mol. The molecular formula is C19H22N2O. The molecule has 0 amide bonds. The summed E-state index contributed by atoms with van der Waals surface area (Å²) in [5.74, 6) is 0.899. The van der Waals surface area contributed by atoms with Crippen LogP contribution in [-0.2, 0) is 6.54 Å². The lowest BCUT2D eigenvalue weighted by Gasteiger charge is -2.18. The fourth-order valence-electron chi connectivity index (χ4n) is 2.87. The van der Waals surface area contributed by atoms with E-state index in [1.807, 2.05) is 18.3 Å². The minimum atomic E-state index is 0.347. The maximum atomic E-state index is 5.23. The third kappa shape index (κ3) is 3.00. The Morgan fingerprint density at radius 1 is 1.09 bits per heavy atom. The smallest absolute Gasteiger partial charge is 0.118 e. The molecule has 0 aliphatic carbocycles. The van der Waals surface area contributed by atoms with E-state index < -0.39 is 0 Å². The van der Waals surface area contributed by atoms with Crippen LogP contribution < -0.4 is 10.1 Å². The lowest BCUT2D eigenvalue weighted by Crippen LogP contribution is -2.20. The van der Waals surface area contributed by atoms with Crippen LogP contribution in [0.2, 0.25) is 0 Å². The standard InChI is InChI=1S/C19H22N2O/c1-3-18(14-7-9-16(22-2)10-8-14)21-13-15-5-4-6-19-17(15)11-12-20-19/h4-12,18,20-21H,3,13H2,1-2H3. The van der Waals surface area contributed by atoms with E-state index in [4.69, 9.17) is 4.74 Å². The molecule has 0 bridgehead atoms. The lowest BCUT2D eigenvalue weighted by atomic mass is 10.0. The van der Waals surface area contributed by atoms with Gasteiger partial charge in [0, 0.05) is 29.7 Å². The molecule has 0 aliphatic heterocycles. The highest BCUT2D eigenvalue weighted by Gasteiger charge is 2.10. The summed E-state index contributed by atoms with van der Waals surface area (Å²) in [5.41, 5.74) is 3.81. The van der Waals surface area contributed by atoms with Gasteiger partial charge in [-0.15, -0.1) is 0 Å². The van der Waals surface area contributed by atoms with Crippen molar-refractivity contribution in [2.75, 3.05) is 7.11 Å². The Kier molecular flexibility index (Phi) is 4.45. The van der Waals surface area contributed by atoms with Crippen molar-refractivity contribution >= 4 is 10.9 Å². The molecule has 22 heavy (non-hydrogen) atoms. The minimum Gasteiger partial charge on any atom is -0.497 e. The second kappa shape index (κ2) is 6.67. The number of hydrogen-bond donors (Lipinski definition) is 2. The fraction of sp³-hybridized carbons (Fsp3) is 0.263. The zero-order valence-electron chi connectivity index (χ0n) is 13.1. The van der Waals surface area contributed by atoms with Gasteiger partial charge >= 0.3 is 0 Å². The second-order valence-electron chi connectivity index (χ2n) is 5.47. The summed E-state index contributed by atoms with van der Waals surface area (Å²) in [5, 5.41) is 4.96. The molecule has 114 valence electrons. The van der Waals surface area contributed by atoms with Gasteiger partial charge in [-0.3, -0.25) is 0 Å². The Morgan fingerprint density at radius 2 is 1.91 bits per heavy atom. The number of hydrogen-bond acceptors (Lipinski definition) is 2. The van der Waals surface area contributed by atoms with E-state index in [0.717, 1.165) is 18.7 Å². The largest absolute Gasteiger partial charge is 0.497 e. The predicted octanol–water partition coefficient (Wildman–Crippen LogP) is 4.42. The van der Waals surface area contributed by atoms with E-state index in [-0.39, 0.29) is 0 Å². The first-order valence-electron chi connectivity index (χ1n) is 7.74. The topological polar surface area (TPSA) is 37.0 Å². The van der Waals surface area contributed by atoms with Gasteiger partial charge in [0.2, 0.25) is 0 Å². The van der Waals surface area contributed by atoms with Crippen LogP contribution in [0.25, 0.3) is 10.9 Å².